The highest BCUT2D eigenvalue weighted by atomic mass is 16.5. The van der Waals surface area contributed by atoms with Crippen LogP contribution in [0.1, 0.15) is 18.1 Å². The van der Waals surface area contributed by atoms with Crippen molar-refractivity contribution < 1.29 is 14.3 Å². The maximum absolute atomic E-state index is 11.9. The zero-order chi connectivity index (χ0) is 16.7. The quantitative estimate of drug-likeness (QED) is 0.853. The number of hydrogen-bond acceptors (Lipinski definition) is 3. The number of nitrogens with one attached hydrogen (secondary N) is 1. The van der Waals surface area contributed by atoms with Crippen LogP contribution in [0.15, 0.2) is 48.5 Å². The molecule has 4 heteroatoms. The van der Waals surface area contributed by atoms with E-state index in [9.17, 15) is 4.79 Å². The van der Waals surface area contributed by atoms with Gasteiger partial charge in [-0.1, -0.05) is 29.8 Å². The molecule has 0 saturated carbocycles. The Morgan fingerprint density at radius 2 is 1.74 bits per heavy atom. The Hall–Kier alpha value is -2.49. The number of carbonyl (C=O) groups is 1. The Bertz CT molecular complexity index is 637. The third kappa shape index (κ3) is 6.02. The van der Waals surface area contributed by atoms with Gasteiger partial charge in [0.05, 0.1) is 6.04 Å². The van der Waals surface area contributed by atoms with Crippen LogP contribution < -0.4 is 14.8 Å². The van der Waals surface area contributed by atoms with E-state index in [1.54, 1.807) is 0 Å². The average molecular weight is 313 g/mol. The van der Waals surface area contributed by atoms with Crippen molar-refractivity contribution in [1.29, 1.82) is 0 Å². The number of rotatable bonds is 7. The van der Waals surface area contributed by atoms with Gasteiger partial charge in [-0.15, -0.1) is 0 Å². The molecule has 0 unspecified atom stereocenters. The fourth-order valence-electron chi connectivity index (χ4n) is 2.07. The summed E-state index contributed by atoms with van der Waals surface area (Å²) in [6.07, 6.45) is 0. The van der Waals surface area contributed by atoms with E-state index >= 15 is 0 Å². The Morgan fingerprint density at radius 1 is 1.00 bits per heavy atom. The van der Waals surface area contributed by atoms with Crippen molar-refractivity contribution in [1.82, 2.24) is 5.32 Å². The van der Waals surface area contributed by atoms with Crippen LogP contribution in [0, 0.1) is 13.8 Å². The van der Waals surface area contributed by atoms with E-state index in [0.717, 1.165) is 11.3 Å². The Kier molecular flexibility index (Phi) is 6.03. The van der Waals surface area contributed by atoms with Gasteiger partial charge in [0.1, 0.15) is 18.1 Å². The molecule has 0 heterocycles. The van der Waals surface area contributed by atoms with Crippen LogP contribution in [0.4, 0.5) is 0 Å². The van der Waals surface area contributed by atoms with Crippen molar-refractivity contribution in [2.45, 2.75) is 26.8 Å². The molecule has 2 aromatic carbocycles. The minimum atomic E-state index is -0.161. The van der Waals surface area contributed by atoms with Crippen LogP contribution in [0.25, 0.3) is 0 Å². The molecule has 0 bridgehead atoms. The zero-order valence-corrected chi connectivity index (χ0v) is 13.8. The third-order valence-electron chi connectivity index (χ3n) is 3.29. The maximum Gasteiger partial charge on any atom is 0.258 e. The fourth-order valence-corrected chi connectivity index (χ4v) is 2.07. The van der Waals surface area contributed by atoms with Gasteiger partial charge in [-0.2, -0.15) is 0 Å². The zero-order valence-electron chi connectivity index (χ0n) is 13.8. The van der Waals surface area contributed by atoms with Gasteiger partial charge in [0, 0.05) is 0 Å². The van der Waals surface area contributed by atoms with E-state index in [1.165, 1.54) is 5.56 Å². The molecule has 2 rings (SSSR count). The van der Waals surface area contributed by atoms with E-state index in [1.807, 2.05) is 69.3 Å². The predicted octanol–water partition coefficient (Wildman–Crippen LogP) is 3.27. The van der Waals surface area contributed by atoms with Gasteiger partial charge in [0.2, 0.25) is 0 Å². The first-order chi connectivity index (χ1) is 11.0. The summed E-state index contributed by atoms with van der Waals surface area (Å²) in [5, 5.41) is 2.86. The third-order valence-corrected chi connectivity index (χ3v) is 3.29. The molecular formula is C19H23NO3. The topological polar surface area (TPSA) is 47.6 Å². The fraction of sp³-hybridized carbons (Fsp3) is 0.316. The first kappa shape index (κ1) is 16.9. The van der Waals surface area contributed by atoms with E-state index in [-0.39, 0.29) is 18.6 Å². The normalized spacial score (nSPS) is 11.6. The molecule has 0 aliphatic rings. The van der Waals surface area contributed by atoms with Crippen LogP contribution >= 0.6 is 0 Å². The number of benzene rings is 2. The van der Waals surface area contributed by atoms with Crippen LogP contribution in [-0.4, -0.2) is 25.2 Å². The molecule has 4 nitrogen and oxygen atoms in total. The SMILES string of the molecule is Cc1ccc(OC[C@@H](C)NC(=O)COc2cccc(C)c2)cc1. The molecule has 2 aromatic rings. The highest BCUT2D eigenvalue weighted by molar-refractivity contribution is 5.77. The molecule has 23 heavy (non-hydrogen) atoms. The lowest BCUT2D eigenvalue weighted by molar-refractivity contribution is -0.123. The first-order valence-electron chi connectivity index (χ1n) is 7.71. The van der Waals surface area contributed by atoms with Crippen LogP contribution in [0.3, 0.4) is 0 Å². The summed E-state index contributed by atoms with van der Waals surface area (Å²) in [6, 6.07) is 15.4. The summed E-state index contributed by atoms with van der Waals surface area (Å²) in [7, 11) is 0. The summed E-state index contributed by atoms with van der Waals surface area (Å²) in [6.45, 7) is 6.33. The minimum absolute atomic E-state index is 0.00166. The molecule has 0 fully saturated rings. The van der Waals surface area contributed by atoms with E-state index < -0.39 is 0 Å². The number of ether oxygens (including phenoxy) is 2. The largest absolute Gasteiger partial charge is 0.491 e. The number of aryl methyl sites for hydroxylation is 2. The van der Waals surface area contributed by atoms with Crippen molar-refractivity contribution in [2.24, 2.45) is 0 Å². The van der Waals surface area contributed by atoms with Crippen molar-refractivity contribution >= 4 is 5.91 Å². The molecule has 0 aliphatic carbocycles. The summed E-state index contributed by atoms with van der Waals surface area (Å²) in [5.74, 6) is 1.34. The molecule has 0 radical (unpaired) electrons. The Labute approximate surface area is 137 Å². The van der Waals surface area contributed by atoms with Crippen LogP contribution in [-0.2, 0) is 4.79 Å². The van der Waals surface area contributed by atoms with Gasteiger partial charge >= 0.3 is 0 Å². The van der Waals surface area contributed by atoms with Gasteiger partial charge < -0.3 is 14.8 Å². The van der Waals surface area contributed by atoms with Crippen molar-refractivity contribution in [2.75, 3.05) is 13.2 Å². The summed E-state index contributed by atoms with van der Waals surface area (Å²) >= 11 is 0. The highest BCUT2D eigenvalue weighted by Gasteiger charge is 2.09. The molecule has 0 saturated heterocycles. The van der Waals surface area contributed by atoms with E-state index in [0.29, 0.717) is 12.4 Å². The van der Waals surface area contributed by atoms with E-state index in [4.69, 9.17) is 9.47 Å². The van der Waals surface area contributed by atoms with Gasteiger partial charge in [0.15, 0.2) is 6.61 Å². The summed E-state index contributed by atoms with van der Waals surface area (Å²) in [4.78, 5) is 11.9. The number of carbonyl (C=O) groups excluding carboxylic acids is 1. The lowest BCUT2D eigenvalue weighted by atomic mass is 10.2. The number of hydrogen-bond donors (Lipinski definition) is 1. The smallest absolute Gasteiger partial charge is 0.258 e. The summed E-state index contributed by atoms with van der Waals surface area (Å²) < 4.78 is 11.1. The lowest BCUT2D eigenvalue weighted by Crippen LogP contribution is -2.39. The van der Waals surface area contributed by atoms with E-state index in [2.05, 4.69) is 5.32 Å². The minimum Gasteiger partial charge on any atom is -0.491 e. The second-order valence-electron chi connectivity index (χ2n) is 5.70. The van der Waals surface area contributed by atoms with Crippen LogP contribution in [0.5, 0.6) is 11.5 Å². The molecule has 0 aliphatic heterocycles. The predicted molar refractivity (Wildman–Crippen MR) is 91.0 cm³/mol. The van der Waals surface area contributed by atoms with Crippen molar-refractivity contribution in [3.05, 3.63) is 59.7 Å². The standard InChI is InChI=1S/C19H23NO3/c1-14-7-9-17(10-8-14)22-12-16(3)20-19(21)13-23-18-6-4-5-15(2)11-18/h4-11,16H,12-13H2,1-3H3,(H,20,21)/t16-/m1/s1. The molecular weight excluding hydrogens is 290 g/mol. The van der Waals surface area contributed by atoms with Gasteiger partial charge in [-0.3, -0.25) is 4.79 Å². The highest BCUT2D eigenvalue weighted by Crippen LogP contribution is 2.12. The summed E-state index contributed by atoms with van der Waals surface area (Å²) in [5.41, 5.74) is 2.29. The lowest BCUT2D eigenvalue weighted by Gasteiger charge is -2.15. The molecule has 1 N–H and O–H groups in total. The van der Waals surface area contributed by atoms with Crippen LogP contribution in [0.2, 0.25) is 0 Å². The average Bonchev–Trinajstić information content (AvgIpc) is 2.52. The van der Waals surface area contributed by atoms with Gasteiger partial charge in [-0.25, -0.2) is 0 Å². The number of amides is 1. The monoisotopic (exact) mass is 313 g/mol. The van der Waals surface area contributed by atoms with Gasteiger partial charge in [-0.05, 0) is 50.6 Å². The first-order valence-corrected chi connectivity index (χ1v) is 7.71. The Balaban J connectivity index is 1.70. The second kappa shape index (κ2) is 8.22. The maximum atomic E-state index is 11.9. The molecule has 1 atom stereocenters. The second-order valence-corrected chi connectivity index (χ2v) is 5.70. The Morgan fingerprint density at radius 3 is 2.43 bits per heavy atom. The molecule has 1 amide bonds. The van der Waals surface area contributed by atoms with Gasteiger partial charge in [0.25, 0.3) is 5.91 Å². The molecule has 0 aromatic heterocycles. The van der Waals surface area contributed by atoms with Crippen molar-refractivity contribution in [3.63, 3.8) is 0 Å². The van der Waals surface area contributed by atoms with Crippen molar-refractivity contribution in [3.8, 4) is 11.5 Å². The molecule has 122 valence electrons. The molecule has 0 spiro atoms.